The lowest BCUT2D eigenvalue weighted by Gasteiger charge is -2.42. The maximum atomic E-state index is 12.5. The summed E-state index contributed by atoms with van der Waals surface area (Å²) in [7, 11) is 0. The number of rotatable bonds is 6. The van der Waals surface area contributed by atoms with Crippen molar-refractivity contribution in [3.8, 4) is 5.75 Å². The van der Waals surface area contributed by atoms with Gasteiger partial charge in [-0.1, -0.05) is 48.5 Å². The van der Waals surface area contributed by atoms with Gasteiger partial charge in [0, 0.05) is 18.5 Å². The molecule has 1 heterocycles. The second kappa shape index (κ2) is 9.34. The maximum Gasteiger partial charge on any atom is 0.410 e. The molecule has 4 heteroatoms. The highest BCUT2D eigenvalue weighted by Crippen LogP contribution is 2.37. The highest BCUT2D eigenvalue weighted by molar-refractivity contribution is 5.68. The topological polar surface area (TPSA) is 38.8 Å². The monoisotopic (exact) mass is 395 g/mol. The molecule has 0 unspecified atom stereocenters. The molecule has 3 rings (SSSR count). The normalized spacial score (nSPS) is 16.3. The van der Waals surface area contributed by atoms with Crippen LogP contribution in [0.1, 0.15) is 45.6 Å². The van der Waals surface area contributed by atoms with Crippen LogP contribution in [0.4, 0.5) is 4.79 Å². The third-order valence-electron chi connectivity index (χ3n) is 5.55. The summed E-state index contributed by atoms with van der Waals surface area (Å²) in [5.74, 6) is 0.904. The summed E-state index contributed by atoms with van der Waals surface area (Å²) in [6.45, 7) is 7.82. The van der Waals surface area contributed by atoms with Crippen LogP contribution >= 0.6 is 0 Å². The second-order valence-electron chi connectivity index (χ2n) is 9.05. The Morgan fingerprint density at radius 1 is 0.966 bits per heavy atom. The summed E-state index contributed by atoms with van der Waals surface area (Å²) in [5, 5.41) is 0. The van der Waals surface area contributed by atoms with Gasteiger partial charge in [-0.05, 0) is 64.2 Å². The van der Waals surface area contributed by atoms with Crippen LogP contribution in [0.2, 0.25) is 0 Å². The lowest BCUT2D eigenvalue weighted by molar-refractivity contribution is 0.000493. The van der Waals surface area contributed by atoms with Gasteiger partial charge < -0.3 is 14.4 Å². The number of hydrogen-bond acceptors (Lipinski definition) is 3. The Labute approximate surface area is 174 Å². The average Bonchev–Trinajstić information content (AvgIpc) is 2.72. The SMILES string of the molecule is CC(C)(C)OC(=O)N1CCC(CCc2ccccc2)(COc2ccccc2)CC1. The van der Waals surface area contributed by atoms with E-state index in [1.165, 1.54) is 5.56 Å². The maximum absolute atomic E-state index is 12.5. The molecule has 2 aromatic rings. The van der Waals surface area contributed by atoms with E-state index in [2.05, 4.69) is 30.3 Å². The molecule has 0 aliphatic carbocycles. The van der Waals surface area contributed by atoms with E-state index in [0.717, 1.165) is 31.4 Å². The Morgan fingerprint density at radius 3 is 2.14 bits per heavy atom. The molecule has 0 N–H and O–H groups in total. The van der Waals surface area contributed by atoms with E-state index in [-0.39, 0.29) is 11.5 Å². The van der Waals surface area contributed by atoms with Gasteiger partial charge in [0.05, 0.1) is 6.61 Å². The van der Waals surface area contributed by atoms with Crippen LogP contribution in [0.5, 0.6) is 5.75 Å². The number of likely N-dealkylation sites (tertiary alicyclic amines) is 1. The smallest absolute Gasteiger partial charge is 0.410 e. The third kappa shape index (κ3) is 6.52. The van der Waals surface area contributed by atoms with Crippen molar-refractivity contribution in [2.24, 2.45) is 5.41 Å². The van der Waals surface area contributed by atoms with Crippen molar-refractivity contribution in [1.29, 1.82) is 0 Å². The molecule has 4 nitrogen and oxygen atoms in total. The number of aryl methyl sites for hydroxylation is 1. The Hall–Kier alpha value is -2.49. The molecule has 0 aromatic heterocycles. The van der Waals surface area contributed by atoms with E-state index >= 15 is 0 Å². The molecule has 1 aliphatic heterocycles. The summed E-state index contributed by atoms with van der Waals surface area (Å²) in [6.07, 6.45) is 3.70. The standard InChI is InChI=1S/C25H33NO3/c1-24(2,3)29-23(27)26-18-16-25(17-19-26,15-14-21-10-6-4-7-11-21)20-28-22-12-8-5-9-13-22/h4-13H,14-20H2,1-3H3. The van der Waals surface area contributed by atoms with Gasteiger partial charge in [-0.25, -0.2) is 4.79 Å². The third-order valence-corrected chi connectivity index (χ3v) is 5.55. The zero-order valence-electron chi connectivity index (χ0n) is 17.9. The van der Waals surface area contributed by atoms with Crippen LogP contribution in [0.25, 0.3) is 0 Å². The number of carbonyl (C=O) groups excluding carboxylic acids is 1. The quantitative estimate of drug-likeness (QED) is 0.628. The number of para-hydroxylation sites is 1. The first-order valence-corrected chi connectivity index (χ1v) is 10.6. The molecule has 0 atom stereocenters. The molecule has 1 saturated heterocycles. The zero-order valence-corrected chi connectivity index (χ0v) is 17.9. The minimum Gasteiger partial charge on any atom is -0.493 e. The molecule has 156 valence electrons. The van der Waals surface area contributed by atoms with Crippen molar-refractivity contribution < 1.29 is 14.3 Å². The summed E-state index contributed by atoms with van der Waals surface area (Å²) < 4.78 is 11.7. The Bertz CT molecular complexity index is 714. The van der Waals surface area contributed by atoms with Gasteiger partial charge in [0.25, 0.3) is 0 Å². The predicted octanol–water partition coefficient (Wildman–Crippen LogP) is 5.72. The highest BCUT2D eigenvalue weighted by Gasteiger charge is 2.37. The van der Waals surface area contributed by atoms with E-state index in [1.807, 2.05) is 56.0 Å². The summed E-state index contributed by atoms with van der Waals surface area (Å²) >= 11 is 0. The number of nitrogens with zero attached hydrogens (tertiary/aromatic N) is 1. The molecule has 1 aliphatic rings. The lowest BCUT2D eigenvalue weighted by Crippen LogP contribution is -2.47. The number of hydrogen-bond donors (Lipinski definition) is 0. The minimum atomic E-state index is -0.463. The van der Waals surface area contributed by atoms with Gasteiger partial charge in [0.2, 0.25) is 0 Å². The molecule has 0 radical (unpaired) electrons. The van der Waals surface area contributed by atoms with E-state index in [1.54, 1.807) is 0 Å². The predicted molar refractivity (Wildman–Crippen MR) is 116 cm³/mol. The number of carbonyl (C=O) groups is 1. The van der Waals surface area contributed by atoms with E-state index in [4.69, 9.17) is 9.47 Å². The van der Waals surface area contributed by atoms with Crippen LogP contribution in [0.3, 0.4) is 0 Å². The largest absolute Gasteiger partial charge is 0.493 e. The summed E-state index contributed by atoms with van der Waals surface area (Å²) in [6, 6.07) is 20.6. The minimum absolute atomic E-state index is 0.0597. The summed E-state index contributed by atoms with van der Waals surface area (Å²) in [5.41, 5.74) is 0.945. The number of amides is 1. The Balaban J connectivity index is 1.64. The molecule has 0 spiro atoms. The van der Waals surface area contributed by atoms with Crippen molar-refractivity contribution in [3.05, 3.63) is 66.2 Å². The van der Waals surface area contributed by atoms with E-state index in [0.29, 0.717) is 19.7 Å². The van der Waals surface area contributed by atoms with Gasteiger partial charge >= 0.3 is 6.09 Å². The first-order chi connectivity index (χ1) is 13.9. The van der Waals surface area contributed by atoms with E-state index < -0.39 is 5.60 Å². The number of piperidine rings is 1. The van der Waals surface area contributed by atoms with Crippen LogP contribution in [-0.4, -0.2) is 36.3 Å². The van der Waals surface area contributed by atoms with Crippen LogP contribution in [0, 0.1) is 5.41 Å². The van der Waals surface area contributed by atoms with Gasteiger partial charge in [-0.2, -0.15) is 0 Å². The van der Waals surface area contributed by atoms with Gasteiger partial charge in [-0.3, -0.25) is 0 Å². The molecule has 2 aromatic carbocycles. The van der Waals surface area contributed by atoms with Crippen LogP contribution in [0.15, 0.2) is 60.7 Å². The van der Waals surface area contributed by atoms with Crippen molar-refractivity contribution in [3.63, 3.8) is 0 Å². The zero-order chi connectivity index (χ0) is 20.7. The first kappa shape index (κ1) is 21.2. The van der Waals surface area contributed by atoms with Gasteiger partial charge in [0.15, 0.2) is 0 Å². The fraction of sp³-hybridized carbons (Fsp3) is 0.480. The van der Waals surface area contributed by atoms with Crippen molar-refractivity contribution >= 4 is 6.09 Å². The fourth-order valence-electron chi connectivity index (χ4n) is 3.76. The van der Waals surface area contributed by atoms with Crippen molar-refractivity contribution in [2.45, 2.75) is 52.1 Å². The molecular formula is C25H33NO3. The molecule has 1 fully saturated rings. The van der Waals surface area contributed by atoms with E-state index in [9.17, 15) is 4.79 Å². The number of ether oxygens (including phenoxy) is 2. The summed E-state index contributed by atoms with van der Waals surface area (Å²) in [4.78, 5) is 14.3. The highest BCUT2D eigenvalue weighted by atomic mass is 16.6. The Morgan fingerprint density at radius 2 is 1.55 bits per heavy atom. The van der Waals surface area contributed by atoms with Crippen molar-refractivity contribution in [1.82, 2.24) is 4.90 Å². The first-order valence-electron chi connectivity index (χ1n) is 10.6. The van der Waals surface area contributed by atoms with Gasteiger partial charge in [-0.15, -0.1) is 0 Å². The second-order valence-corrected chi connectivity index (χ2v) is 9.05. The lowest BCUT2D eigenvalue weighted by atomic mass is 9.75. The Kier molecular flexibility index (Phi) is 6.83. The van der Waals surface area contributed by atoms with Crippen LogP contribution < -0.4 is 4.74 Å². The van der Waals surface area contributed by atoms with Crippen LogP contribution in [-0.2, 0) is 11.2 Å². The molecular weight excluding hydrogens is 362 g/mol. The average molecular weight is 396 g/mol. The molecule has 1 amide bonds. The number of benzene rings is 2. The van der Waals surface area contributed by atoms with Crippen molar-refractivity contribution in [2.75, 3.05) is 19.7 Å². The fourth-order valence-corrected chi connectivity index (χ4v) is 3.76. The molecule has 29 heavy (non-hydrogen) atoms. The molecule has 0 saturated carbocycles. The molecule has 0 bridgehead atoms. The van der Waals surface area contributed by atoms with Gasteiger partial charge in [0.1, 0.15) is 11.4 Å².